The zero-order valence-electron chi connectivity index (χ0n) is 15.3. The van der Waals surface area contributed by atoms with Crippen LogP contribution in [-0.2, 0) is 16.0 Å². The van der Waals surface area contributed by atoms with Crippen molar-refractivity contribution >= 4 is 34.8 Å². The maximum absolute atomic E-state index is 12.3. The summed E-state index contributed by atoms with van der Waals surface area (Å²) in [7, 11) is 0. The molecule has 1 fully saturated rings. The molecule has 1 aromatic carbocycles. The van der Waals surface area contributed by atoms with E-state index in [1.807, 2.05) is 13.8 Å². The van der Waals surface area contributed by atoms with Gasteiger partial charge in [-0.1, -0.05) is 19.1 Å². The van der Waals surface area contributed by atoms with Gasteiger partial charge in [-0.2, -0.15) is 0 Å². The number of thiophene rings is 1. The molecule has 142 valence electrons. The second-order valence-electron chi connectivity index (χ2n) is 6.49. The van der Waals surface area contributed by atoms with E-state index < -0.39 is 18.5 Å². The third-order valence-corrected chi connectivity index (χ3v) is 5.60. The molecule has 0 aliphatic heterocycles. The van der Waals surface area contributed by atoms with Crippen molar-refractivity contribution in [2.75, 3.05) is 11.9 Å². The van der Waals surface area contributed by atoms with Crippen molar-refractivity contribution in [2.24, 2.45) is 0 Å². The first-order valence-electron chi connectivity index (χ1n) is 8.94. The van der Waals surface area contributed by atoms with Gasteiger partial charge in [-0.05, 0) is 49.9 Å². The molecule has 2 amide bonds. The lowest BCUT2D eigenvalue weighted by molar-refractivity contribution is -0.119. The zero-order chi connectivity index (χ0) is 19.4. The Labute approximate surface area is 161 Å². The fourth-order valence-electron chi connectivity index (χ4n) is 2.64. The number of carbonyl (C=O) groups excluding carboxylic acids is 3. The van der Waals surface area contributed by atoms with Crippen LogP contribution in [0.25, 0.3) is 0 Å². The number of carbonyl (C=O) groups is 3. The van der Waals surface area contributed by atoms with Gasteiger partial charge in [-0.25, -0.2) is 4.79 Å². The molecular formula is C20H22N2O4S. The standard InChI is InChI=1S/C20H22N2O4S/c1-3-16-12(2)10-17(27-16)20(25)26-11-18(23)22-15-7-5-4-6-14(15)19(24)21-13-8-9-13/h4-7,10,13H,3,8-9,11H2,1-2H3,(H,21,24)(H,22,23). The number of nitrogens with one attached hydrogen (secondary N) is 2. The molecule has 0 saturated heterocycles. The van der Waals surface area contributed by atoms with Crippen molar-refractivity contribution in [1.82, 2.24) is 5.32 Å². The third-order valence-electron chi connectivity index (χ3n) is 4.24. The minimum Gasteiger partial charge on any atom is -0.451 e. The summed E-state index contributed by atoms with van der Waals surface area (Å²) in [5.41, 5.74) is 1.84. The number of rotatable bonds is 7. The highest BCUT2D eigenvalue weighted by molar-refractivity contribution is 7.14. The quantitative estimate of drug-likeness (QED) is 0.715. The summed E-state index contributed by atoms with van der Waals surface area (Å²) in [6.45, 7) is 3.57. The Morgan fingerprint density at radius 3 is 2.63 bits per heavy atom. The van der Waals surface area contributed by atoms with E-state index in [9.17, 15) is 14.4 Å². The van der Waals surface area contributed by atoms with Gasteiger partial charge in [0.25, 0.3) is 11.8 Å². The molecule has 1 saturated carbocycles. The van der Waals surface area contributed by atoms with E-state index in [1.54, 1.807) is 30.3 Å². The fraction of sp³-hybridized carbons (Fsp3) is 0.350. The number of hydrogen-bond donors (Lipinski definition) is 2. The molecule has 27 heavy (non-hydrogen) atoms. The van der Waals surface area contributed by atoms with E-state index in [-0.39, 0.29) is 11.9 Å². The molecule has 0 spiro atoms. The minimum absolute atomic E-state index is 0.216. The van der Waals surface area contributed by atoms with Crippen molar-refractivity contribution in [1.29, 1.82) is 0 Å². The van der Waals surface area contributed by atoms with Crippen molar-refractivity contribution in [3.8, 4) is 0 Å². The molecule has 2 N–H and O–H groups in total. The van der Waals surface area contributed by atoms with E-state index in [0.717, 1.165) is 29.7 Å². The SMILES string of the molecule is CCc1sc(C(=O)OCC(=O)Nc2ccccc2C(=O)NC2CC2)cc1C. The molecule has 0 atom stereocenters. The number of benzene rings is 1. The highest BCUT2D eigenvalue weighted by Crippen LogP contribution is 2.23. The van der Waals surface area contributed by atoms with Crippen LogP contribution >= 0.6 is 11.3 Å². The molecule has 7 heteroatoms. The lowest BCUT2D eigenvalue weighted by Gasteiger charge is -2.11. The van der Waals surface area contributed by atoms with Crippen molar-refractivity contribution in [2.45, 2.75) is 39.2 Å². The first kappa shape index (κ1) is 19.1. The zero-order valence-corrected chi connectivity index (χ0v) is 16.2. The van der Waals surface area contributed by atoms with Gasteiger partial charge in [0.05, 0.1) is 11.3 Å². The van der Waals surface area contributed by atoms with Crippen LogP contribution in [0.2, 0.25) is 0 Å². The van der Waals surface area contributed by atoms with Crippen LogP contribution in [0.5, 0.6) is 0 Å². The normalized spacial score (nSPS) is 13.1. The van der Waals surface area contributed by atoms with Crippen molar-refractivity contribution in [3.05, 3.63) is 51.2 Å². The van der Waals surface area contributed by atoms with Gasteiger partial charge in [0.15, 0.2) is 6.61 Å². The Kier molecular flexibility index (Phi) is 5.91. The van der Waals surface area contributed by atoms with Crippen LogP contribution in [0.1, 0.15) is 50.2 Å². The van der Waals surface area contributed by atoms with E-state index in [2.05, 4.69) is 10.6 Å². The predicted molar refractivity (Wildman–Crippen MR) is 104 cm³/mol. The Hall–Kier alpha value is -2.67. The number of hydrogen-bond acceptors (Lipinski definition) is 5. The van der Waals surface area contributed by atoms with Crippen molar-refractivity contribution < 1.29 is 19.1 Å². The van der Waals surface area contributed by atoms with E-state index in [0.29, 0.717) is 16.1 Å². The number of ether oxygens (including phenoxy) is 1. The summed E-state index contributed by atoms with van der Waals surface area (Å²) >= 11 is 1.38. The number of anilines is 1. The van der Waals surface area contributed by atoms with Crippen LogP contribution in [0.4, 0.5) is 5.69 Å². The van der Waals surface area contributed by atoms with Gasteiger partial charge in [0, 0.05) is 10.9 Å². The Morgan fingerprint density at radius 1 is 1.22 bits per heavy atom. The van der Waals surface area contributed by atoms with Crippen LogP contribution in [0.3, 0.4) is 0 Å². The predicted octanol–water partition coefficient (Wildman–Crippen LogP) is 3.31. The van der Waals surface area contributed by atoms with Gasteiger partial charge in [0.1, 0.15) is 4.88 Å². The van der Waals surface area contributed by atoms with Gasteiger partial charge >= 0.3 is 5.97 Å². The molecule has 2 aromatic rings. The smallest absolute Gasteiger partial charge is 0.348 e. The van der Waals surface area contributed by atoms with E-state index in [4.69, 9.17) is 4.74 Å². The highest BCUT2D eigenvalue weighted by atomic mass is 32.1. The van der Waals surface area contributed by atoms with Crippen molar-refractivity contribution in [3.63, 3.8) is 0 Å². The molecule has 0 radical (unpaired) electrons. The maximum Gasteiger partial charge on any atom is 0.348 e. The lowest BCUT2D eigenvalue weighted by Crippen LogP contribution is -2.27. The molecule has 1 aromatic heterocycles. The van der Waals surface area contributed by atoms with Crippen LogP contribution in [0.15, 0.2) is 30.3 Å². The molecule has 1 aliphatic rings. The molecule has 0 bridgehead atoms. The van der Waals surface area contributed by atoms with Gasteiger partial charge in [-0.15, -0.1) is 11.3 Å². The Morgan fingerprint density at radius 2 is 1.96 bits per heavy atom. The second kappa shape index (κ2) is 8.35. The Balaban J connectivity index is 1.57. The number of amides is 2. The van der Waals surface area contributed by atoms with Crippen LogP contribution in [0, 0.1) is 6.92 Å². The summed E-state index contributed by atoms with van der Waals surface area (Å²) in [4.78, 5) is 38.2. The first-order valence-corrected chi connectivity index (χ1v) is 9.75. The summed E-state index contributed by atoms with van der Waals surface area (Å²) in [6.07, 6.45) is 2.82. The monoisotopic (exact) mass is 386 g/mol. The number of esters is 1. The minimum atomic E-state index is -0.516. The fourth-order valence-corrected chi connectivity index (χ4v) is 3.65. The van der Waals surface area contributed by atoms with Crippen LogP contribution < -0.4 is 10.6 Å². The average Bonchev–Trinajstić information content (AvgIpc) is 3.39. The molecular weight excluding hydrogens is 364 g/mol. The topological polar surface area (TPSA) is 84.5 Å². The molecule has 1 heterocycles. The number of para-hydroxylation sites is 1. The largest absolute Gasteiger partial charge is 0.451 e. The third kappa shape index (κ3) is 4.95. The van der Waals surface area contributed by atoms with E-state index in [1.165, 1.54) is 11.3 Å². The average molecular weight is 386 g/mol. The van der Waals surface area contributed by atoms with Crippen LogP contribution in [-0.4, -0.2) is 30.4 Å². The van der Waals surface area contributed by atoms with Gasteiger partial charge < -0.3 is 15.4 Å². The molecule has 1 aliphatic carbocycles. The Bertz CT molecular complexity index is 871. The summed E-state index contributed by atoms with van der Waals surface area (Å²) in [6, 6.07) is 8.78. The highest BCUT2D eigenvalue weighted by Gasteiger charge is 2.25. The lowest BCUT2D eigenvalue weighted by atomic mass is 10.1. The van der Waals surface area contributed by atoms with Gasteiger partial charge in [-0.3, -0.25) is 9.59 Å². The maximum atomic E-state index is 12.3. The summed E-state index contributed by atoms with van der Waals surface area (Å²) in [5, 5.41) is 5.54. The summed E-state index contributed by atoms with van der Waals surface area (Å²) in [5.74, 6) is -1.22. The molecule has 6 nitrogen and oxygen atoms in total. The first-order chi connectivity index (χ1) is 13.0. The van der Waals surface area contributed by atoms with Gasteiger partial charge in [0.2, 0.25) is 0 Å². The molecule has 3 rings (SSSR count). The van der Waals surface area contributed by atoms with E-state index >= 15 is 0 Å². The molecule has 0 unspecified atom stereocenters. The summed E-state index contributed by atoms with van der Waals surface area (Å²) < 4.78 is 5.11. The number of aryl methyl sites for hydroxylation is 2. The second-order valence-corrected chi connectivity index (χ2v) is 7.62.